The molecule has 1 unspecified atom stereocenters. The van der Waals surface area contributed by atoms with Gasteiger partial charge in [0.2, 0.25) is 0 Å². The summed E-state index contributed by atoms with van der Waals surface area (Å²) in [5, 5.41) is 19.4. The van der Waals surface area contributed by atoms with Crippen LogP contribution in [0.4, 0.5) is 0 Å². The molecule has 0 saturated heterocycles. The number of para-hydroxylation sites is 1. The van der Waals surface area contributed by atoms with Crippen molar-refractivity contribution in [1.82, 2.24) is 9.55 Å². The average molecular weight is 204 g/mol. The second kappa shape index (κ2) is 4.14. The number of aromatic hydroxyl groups is 1. The molecule has 0 radical (unpaired) electrons. The predicted molar refractivity (Wildman–Crippen MR) is 55.3 cm³/mol. The summed E-state index contributed by atoms with van der Waals surface area (Å²) >= 11 is 0. The lowest BCUT2D eigenvalue weighted by Gasteiger charge is -2.12. The summed E-state index contributed by atoms with van der Waals surface area (Å²) in [5.41, 5.74) is 0.534. The normalized spacial score (nSPS) is 12.6. The fraction of sp³-hybridized carbons (Fsp3) is 0.182. The minimum absolute atomic E-state index is 0.116. The van der Waals surface area contributed by atoms with E-state index in [-0.39, 0.29) is 5.75 Å². The molecular formula is C11H12N2O2. The molecule has 4 nitrogen and oxygen atoms in total. The number of benzene rings is 1. The van der Waals surface area contributed by atoms with E-state index in [9.17, 15) is 10.2 Å². The maximum atomic E-state index is 9.86. The number of phenolic OH excluding ortho intramolecular Hbond substituents is 1. The van der Waals surface area contributed by atoms with Gasteiger partial charge in [-0.15, -0.1) is 0 Å². The van der Waals surface area contributed by atoms with Crippen molar-refractivity contribution in [2.24, 2.45) is 0 Å². The quantitative estimate of drug-likeness (QED) is 0.792. The molecule has 0 fully saturated rings. The number of imidazole rings is 1. The third-order valence-corrected chi connectivity index (χ3v) is 2.24. The highest BCUT2D eigenvalue weighted by atomic mass is 16.3. The predicted octanol–water partition coefficient (Wildman–Crippen LogP) is 1.32. The minimum Gasteiger partial charge on any atom is -0.508 e. The summed E-state index contributed by atoms with van der Waals surface area (Å²) in [6.07, 6.45) is 4.32. The number of aliphatic hydroxyl groups excluding tert-OH is 1. The Kier molecular flexibility index (Phi) is 2.69. The van der Waals surface area contributed by atoms with Gasteiger partial charge in [-0.3, -0.25) is 0 Å². The number of nitrogens with zero attached hydrogens (tertiary/aromatic N) is 2. The van der Waals surface area contributed by atoms with Crippen molar-refractivity contribution in [2.75, 3.05) is 0 Å². The van der Waals surface area contributed by atoms with Crippen molar-refractivity contribution in [3.05, 3.63) is 48.5 Å². The zero-order valence-corrected chi connectivity index (χ0v) is 8.11. The van der Waals surface area contributed by atoms with E-state index >= 15 is 0 Å². The number of aromatic nitrogens is 2. The molecule has 1 heterocycles. The van der Waals surface area contributed by atoms with Gasteiger partial charge in [-0.05, 0) is 6.07 Å². The van der Waals surface area contributed by atoms with E-state index in [1.54, 1.807) is 47.6 Å². The van der Waals surface area contributed by atoms with E-state index in [1.807, 2.05) is 0 Å². The van der Waals surface area contributed by atoms with E-state index in [1.165, 1.54) is 0 Å². The van der Waals surface area contributed by atoms with Crippen LogP contribution in [0, 0.1) is 0 Å². The van der Waals surface area contributed by atoms with Crippen LogP contribution in [0.5, 0.6) is 5.75 Å². The molecule has 0 saturated carbocycles. The molecule has 0 spiro atoms. The molecule has 4 heteroatoms. The minimum atomic E-state index is -0.722. The first kappa shape index (κ1) is 9.73. The first-order valence-corrected chi connectivity index (χ1v) is 4.69. The van der Waals surface area contributed by atoms with Gasteiger partial charge in [-0.2, -0.15) is 0 Å². The molecule has 2 rings (SSSR count). The first-order chi connectivity index (χ1) is 7.27. The molecule has 1 aromatic heterocycles. The highest BCUT2D eigenvalue weighted by Gasteiger charge is 2.11. The monoisotopic (exact) mass is 204 g/mol. The fourth-order valence-electron chi connectivity index (χ4n) is 1.46. The van der Waals surface area contributed by atoms with Gasteiger partial charge < -0.3 is 14.8 Å². The molecule has 2 aromatic rings. The van der Waals surface area contributed by atoms with Gasteiger partial charge >= 0.3 is 0 Å². The van der Waals surface area contributed by atoms with E-state index in [2.05, 4.69) is 4.98 Å². The van der Waals surface area contributed by atoms with Crippen molar-refractivity contribution in [2.45, 2.75) is 12.6 Å². The largest absolute Gasteiger partial charge is 0.508 e. The number of phenols is 1. The Hall–Kier alpha value is -1.81. The highest BCUT2D eigenvalue weighted by molar-refractivity contribution is 5.33. The number of aliphatic hydroxyl groups is 1. The van der Waals surface area contributed by atoms with E-state index in [0.717, 1.165) is 0 Å². The molecule has 0 aliphatic rings. The van der Waals surface area contributed by atoms with Crippen molar-refractivity contribution in [3.63, 3.8) is 0 Å². The van der Waals surface area contributed by atoms with Crippen LogP contribution in [-0.4, -0.2) is 19.8 Å². The summed E-state index contributed by atoms with van der Waals surface area (Å²) in [4.78, 5) is 3.88. The Balaban J connectivity index is 2.15. The van der Waals surface area contributed by atoms with Crippen LogP contribution in [0.15, 0.2) is 43.0 Å². The van der Waals surface area contributed by atoms with E-state index in [0.29, 0.717) is 12.1 Å². The maximum Gasteiger partial charge on any atom is 0.121 e. The Morgan fingerprint density at radius 3 is 2.80 bits per heavy atom. The van der Waals surface area contributed by atoms with Crippen LogP contribution in [0.2, 0.25) is 0 Å². The van der Waals surface area contributed by atoms with Crippen molar-refractivity contribution in [1.29, 1.82) is 0 Å². The van der Waals surface area contributed by atoms with Gasteiger partial charge in [0, 0.05) is 18.0 Å². The molecule has 1 aromatic carbocycles. The van der Waals surface area contributed by atoms with Crippen LogP contribution >= 0.6 is 0 Å². The lowest BCUT2D eigenvalue weighted by atomic mass is 10.1. The third-order valence-electron chi connectivity index (χ3n) is 2.24. The molecule has 2 N–H and O–H groups in total. The van der Waals surface area contributed by atoms with Gasteiger partial charge in [0.05, 0.1) is 12.9 Å². The van der Waals surface area contributed by atoms with Crippen molar-refractivity contribution >= 4 is 0 Å². The summed E-state index contributed by atoms with van der Waals surface area (Å²) in [6.45, 7) is 0.386. The summed E-state index contributed by atoms with van der Waals surface area (Å²) < 4.78 is 1.76. The zero-order valence-electron chi connectivity index (χ0n) is 8.11. The highest BCUT2D eigenvalue weighted by Crippen LogP contribution is 2.24. The number of hydrogen-bond acceptors (Lipinski definition) is 3. The molecular weight excluding hydrogens is 192 g/mol. The number of rotatable bonds is 3. The summed E-state index contributed by atoms with van der Waals surface area (Å²) in [7, 11) is 0. The standard InChI is InChI=1S/C11H12N2O2/c14-10-4-2-1-3-9(10)11(15)7-13-6-5-12-8-13/h1-6,8,11,14-15H,7H2. The van der Waals surface area contributed by atoms with Crippen LogP contribution in [0.25, 0.3) is 0 Å². The van der Waals surface area contributed by atoms with Crippen LogP contribution in [0.3, 0.4) is 0 Å². The maximum absolute atomic E-state index is 9.86. The third kappa shape index (κ3) is 2.16. The topological polar surface area (TPSA) is 58.3 Å². The van der Waals surface area contributed by atoms with Crippen molar-refractivity contribution in [3.8, 4) is 5.75 Å². The van der Waals surface area contributed by atoms with Crippen LogP contribution in [0.1, 0.15) is 11.7 Å². The molecule has 0 aliphatic heterocycles. The Morgan fingerprint density at radius 2 is 2.13 bits per heavy atom. The lowest BCUT2D eigenvalue weighted by molar-refractivity contribution is 0.153. The van der Waals surface area contributed by atoms with Gasteiger partial charge in [0.1, 0.15) is 11.9 Å². The average Bonchev–Trinajstić information content (AvgIpc) is 2.71. The molecule has 78 valence electrons. The molecule has 1 atom stereocenters. The number of hydrogen-bond donors (Lipinski definition) is 2. The summed E-state index contributed by atoms with van der Waals surface area (Å²) in [5.74, 6) is 0.116. The van der Waals surface area contributed by atoms with Crippen LogP contribution < -0.4 is 0 Å². The Bertz CT molecular complexity index is 426. The molecule has 15 heavy (non-hydrogen) atoms. The second-order valence-corrected chi connectivity index (χ2v) is 3.33. The van der Waals surface area contributed by atoms with Gasteiger partial charge in [0.25, 0.3) is 0 Å². The second-order valence-electron chi connectivity index (χ2n) is 3.33. The Morgan fingerprint density at radius 1 is 1.33 bits per heavy atom. The van der Waals surface area contributed by atoms with E-state index in [4.69, 9.17) is 0 Å². The summed E-state index contributed by atoms with van der Waals surface area (Å²) in [6, 6.07) is 6.78. The zero-order chi connectivity index (χ0) is 10.7. The molecule has 0 bridgehead atoms. The first-order valence-electron chi connectivity index (χ1n) is 4.69. The lowest BCUT2D eigenvalue weighted by Crippen LogP contribution is -2.07. The molecule has 0 amide bonds. The Labute approximate surface area is 87.4 Å². The smallest absolute Gasteiger partial charge is 0.121 e. The molecule has 0 aliphatic carbocycles. The van der Waals surface area contributed by atoms with Gasteiger partial charge in [-0.1, -0.05) is 18.2 Å². The van der Waals surface area contributed by atoms with E-state index < -0.39 is 6.10 Å². The van der Waals surface area contributed by atoms with Crippen LogP contribution in [-0.2, 0) is 6.54 Å². The fourth-order valence-corrected chi connectivity index (χ4v) is 1.46. The van der Waals surface area contributed by atoms with Gasteiger partial charge in [0.15, 0.2) is 0 Å². The van der Waals surface area contributed by atoms with Crippen molar-refractivity contribution < 1.29 is 10.2 Å². The van der Waals surface area contributed by atoms with Gasteiger partial charge in [-0.25, -0.2) is 4.98 Å². The SMILES string of the molecule is Oc1ccccc1C(O)Cn1ccnc1.